The smallest absolute Gasteiger partial charge is 0.224 e. The SMILES string of the molecule is CC(C)(C)N1CCC(NC(=O)[C@@H]2CCCNC2)CC1. The van der Waals surface area contributed by atoms with Crippen LogP contribution in [0.15, 0.2) is 0 Å². The summed E-state index contributed by atoms with van der Waals surface area (Å²) in [5, 5.41) is 6.57. The monoisotopic (exact) mass is 267 g/mol. The van der Waals surface area contributed by atoms with Crippen molar-refractivity contribution in [3.8, 4) is 0 Å². The highest BCUT2D eigenvalue weighted by Gasteiger charge is 2.29. The minimum Gasteiger partial charge on any atom is -0.353 e. The summed E-state index contributed by atoms with van der Waals surface area (Å²) in [4.78, 5) is 14.7. The highest BCUT2D eigenvalue weighted by atomic mass is 16.2. The molecule has 0 aromatic rings. The van der Waals surface area contributed by atoms with Crippen molar-refractivity contribution in [3.63, 3.8) is 0 Å². The zero-order valence-electron chi connectivity index (χ0n) is 12.7. The fraction of sp³-hybridized carbons (Fsp3) is 0.933. The normalized spacial score (nSPS) is 27.2. The predicted molar refractivity (Wildman–Crippen MR) is 78.1 cm³/mol. The van der Waals surface area contributed by atoms with Crippen molar-refractivity contribution in [3.05, 3.63) is 0 Å². The van der Waals surface area contributed by atoms with E-state index in [1.807, 2.05) is 0 Å². The van der Waals surface area contributed by atoms with Crippen molar-refractivity contribution in [2.45, 2.75) is 58.0 Å². The number of hydrogen-bond donors (Lipinski definition) is 2. The fourth-order valence-electron chi connectivity index (χ4n) is 3.09. The summed E-state index contributed by atoms with van der Waals surface area (Å²) in [6.45, 7) is 10.9. The molecule has 4 heteroatoms. The molecule has 0 spiro atoms. The Morgan fingerprint density at radius 3 is 2.42 bits per heavy atom. The second-order valence-electron chi connectivity index (χ2n) is 6.98. The number of piperidine rings is 2. The number of carbonyl (C=O) groups is 1. The van der Waals surface area contributed by atoms with Gasteiger partial charge in [-0.3, -0.25) is 9.69 Å². The van der Waals surface area contributed by atoms with E-state index < -0.39 is 0 Å². The van der Waals surface area contributed by atoms with Crippen LogP contribution in [0.3, 0.4) is 0 Å². The van der Waals surface area contributed by atoms with Gasteiger partial charge in [-0.05, 0) is 53.0 Å². The number of carbonyl (C=O) groups excluding carboxylic acids is 1. The van der Waals surface area contributed by atoms with E-state index in [1.165, 1.54) is 0 Å². The average Bonchev–Trinajstić information content (AvgIpc) is 2.39. The van der Waals surface area contributed by atoms with Crippen LogP contribution in [0, 0.1) is 5.92 Å². The van der Waals surface area contributed by atoms with Gasteiger partial charge in [-0.1, -0.05) is 0 Å². The number of rotatable bonds is 2. The molecule has 1 amide bonds. The molecule has 0 aromatic heterocycles. The number of nitrogens with one attached hydrogen (secondary N) is 2. The largest absolute Gasteiger partial charge is 0.353 e. The maximum absolute atomic E-state index is 12.2. The third-order valence-corrected chi connectivity index (χ3v) is 4.46. The van der Waals surface area contributed by atoms with E-state index >= 15 is 0 Å². The Kier molecular flexibility index (Phi) is 4.85. The standard InChI is InChI=1S/C15H29N3O/c1-15(2,3)18-9-6-13(7-10-18)17-14(19)12-5-4-8-16-11-12/h12-13,16H,4-11H2,1-3H3,(H,17,19)/t12-/m1/s1. The van der Waals surface area contributed by atoms with Gasteiger partial charge in [0.25, 0.3) is 0 Å². The van der Waals surface area contributed by atoms with Crippen LogP contribution in [-0.4, -0.2) is 48.6 Å². The van der Waals surface area contributed by atoms with Gasteiger partial charge >= 0.3 is 0 Å². The molecular weight excluding hydrogens is 238 g/mol. The van der Waals surface area contributed by atoms with Crippen molar-refractivity contribution in [1.29, 1.82) is 0 Å². The molecule has 0 aliphatic carbocycles. The molecule has 2 saturated heterocycles. The van der Waals surface area contributed by atoms with Crippen LogP contribution in [0.5, 0.6) is 0 Å². The minimum atomic E-state index is 0.189. The van der Waals surface area contributed by atoms with Gasteiger partial charge < -0.3 is 10.6 Å². The van der Waals surface area contributed by atoms with E-state index in [0.717, 1.165) is 51.9 Å². The molecule has 110 valence electrons. The van der Waals surface area contributed by atoms with Crippen LogP contribution in [0.25, 0.3) is 0 Å². The lowest BCUT2D eigenvalue weighted by Crippen LogP contribution is -2.52. The molecule has 0 aromatic carbocycles. The topological polar surface area (TPSA) is 44.4 Å². The second kappa shape index (κ2) is 6.23. The van der Waals surface area contributed by atoms with Crippen molar-refractivity contribution < 1.29 is 4.79 Å². The Balaban J connectivity index is 1.74. The first kappa shape index (κ1) is 14.8. The molecule has 2 fully saturated rings. The number of hydrogen-bond acceptors (Lipinski definition) is 3. The van der Waals surface area contributed by atoms with Crippen molar-refractivity contribution in [2.24, 2.45) is 5.92 Å². The number of nitrogens with zero attached hydrogens (tertiary/aromatic N) is 1. The average molecular weight is 267 g/mol. The quantitative estimate of drug-likeness (QED) is 0.794. The van der Waals surface area contributed by atoms with E-state index in [0.29, 0.717) is 6.04 Å². The summed E-state index contributed by atoms with van der Waals surface area (Å²) in [5.41, 5.74) is 0.252. The zero-order valence-corrected chi connectivity index (χ0v) is 12.7. The molecule has 2 rings (SSSR count). The zero-order chi connectivity index (χ0) is 13.9. The molecule has 2 aliphatic heterocycles. The molecular formula is C15H29N3O. The van der Waals surface area contributed by atoms with E-state index in [-0.39, 0.29) is 17.4 Å². The third kappa shape index (κ3) is 4.18. The van der Waals surface area contributed by atoms with E-state index in [9.17, 15) is 4.79 Å². The van der Waals surface area contributed by atoms with Gasteiger partial charge in [0.1, 0.15) is 0 Å². The molecule has 19 heavy (non-hydrogen) atoms. The first-order valence-corrected chi connectivity index (χ1v) is 7.73. The number of likely N-dealkylation sites (tertiary alicyclic amines) is 1. The maximum Gasteiger partial charge on any atom is 0.224 e. The summed E-state index contributed by atoms with van der Waals surface area (Å²) in [5.74, 6) is 0.454. The van der Waals surface area contributed by atoms with Gasteiger partial charge in [0.2, 0.25) is 5.91 Å². The highest BCUT2D eigenvalue weighted by Crippen LogP contribution is 2.20. The molecule has 0 saturated carbocycles. The van der Waals surface area contributed by atoms with Crippen molar-refractivity contribution >= 4 is 5.91 Å². The van der Waals surface area contributed by atoms with E-state index in [4.69, 9.17) is 0 Å². The third-order valence-electron chi connectivity index (χ3n) is 4.46. The van der Waals surface area contributed by atoms with Crippen LogP contribution in [-0.2, 0) is 4.79 Å². The Hall–Kier alpha value is -0.610. The highest BCUT2D eigenvalue weighted by molar-refractivity contribution is 5.79. The molecule has 4 nitrogen and oxygen atoms in total. The molecule has 0 radical (unpaired) electrons. The number of amides is 1. The van der Waals surface area contributed by atoms with Crippen molar-refractivity contribution in [1.82, 2.24) is 15.5 Å². The molecule has 2 aliphatic rings. The van der Waals surface area contributed by atoms with Gasteiger partial charge in [-0.2, -0.15) is 0 Å². The van der Waals surface area contributed by atoms with Crippen molar-refractivity contribution in [2.75, 3.05) is 26.2 Å². The Labute approximate surface area is 117 Å². The van der Waals surface area contributed by atoms with Gasteiger partial charge in [-0.25, -0.2) is 0 Å². The Bertz CT molecular complexity index is 297. The van der Waals surface area contributed by atoms with Gasteiger partial charge in [-0.15, -0.1) is 0 Å². The molecule has 0 unspecified atom stereocenters. The lowest BCUT2D eigenvalue weighted by molar-refractivity contribution is -0.126. The van der Waals surface area contributed by atoms with Gasteiger partial charge in [0, 0.05) is 31.2 Å². The lowest BCUT2D eigenvalue weighted by atomic mass is 9.95. The lowest BCUT2D eigenvalue weighted by Gasteiger charge is -2.41. The van der Waals surface area contributed by atoms with Crippen LogP contribution < -0.4 is 10.6 Å². The van der Waals surface area contributed by atoms with E-state index in [2.05, 4.69) is 36.3 Å². The van der Waals surface area contributed by atoms with Crippen LogP contribution in [0.4, 0.5) is 0 Å². The first-order chi connectivity index (χ1) is 8.97. The summed E-state index contributed by atoms with van der Waals surface area (Å²) < 4.78 is 0. The molecule has 1 atom stereocenters. The fourth-order valence-corrected chi connectivity index (χ4v) is 3.09. The summed E-state index contributed by atoms with van der Waals surface area (Å²) in [7, 11) is 0. The minimum absolute atomic E-state index is 0.189. The molecule has 0 bridgehead atoms. The summed E-state index contributed by atoms with van der Waals surface area (Å²) >= 11 is 0. The second-order valence-corrected chi connectivity index (χ2v) is 6.98. The van der Waals surface area contributed by atoms with Gasteiger partial charge in [0.15, 0.2) is 0 Å². The summed E-state index contributed by atoms with van der Waals surface area (Å²) in [6, 6.07) is 0.382. The first-order valence-electron chi connectivity index (χ1n) is 7.73. The maximum atomic E-state index is 12.2. The summed E-state index contributed by atoms with van der Waals surface area (Å²) in [6.07, 6.45) is 4.34. The van der Waals surface area contributed by atoms with Gasteiger partial charge in [0.05, 0.1) is 5.92 Å². The molecule has 2 heterocycles. The molecule has 2 N–H and O–H groups in total. The van der Waals surface area contributed by atoms with Crippen LogP contribution >= 0.6 is 0 Å². The van der Waals surface area contributed by atoms with Crippen LogP contribution in [0.2, 0.25) is 0 Å². The van der Waals surface area contributed by atoms with E-state index in [1.54, 1.807) is 0 Å². The van der Waals surface area contributed by atoms with Crippen LogP contribution in [0.1, 0.15) is 46.5 Å². The Morgan fingerprint density at radius 1 is 1.21 bits per heavy atom. The predicted octanol–water partition coefficient (Wildman–Crippen LogP) is 1.37. The Morgan fingerprint density at radius 2 is 1.89 bits per heavy atom.